The molecule has 0 aromatic rings. The molecule has 1 atom stereocenters. The molecule has 12 heavy (non-hydrogen) atoms. The lowest BCUT2D eigenvalue weighted by molar-refractivity contribution is -0.135. The van der Waals surface area contributed by atoms with Gasteiger partial charge in [-0.05, 0) is 12.8 Å². The van der Waals surface area contributed by atoms with Crippen molar-refractivity contribution in [1.29, 1.82) is 0 Å². The minimum Gasteiger partial charge on any atom is -0.394 e. The largest absolute Gasteiger partial charge is 0.394 e. The predicted octanol–water partition coefficient (Wildman–Crippen LogP) is -0.648. The third-order valence-corrected chi connectivity index (χ3v) is 2.06. The SMILES string of the molecule is O=C1CCCCN1CC(O)CO. The van der Waals surface area contributed by atoms with Gasteiger partial charge in [0.2, 0.25) is 5.91 Å². The molecule has 0 bridgehead atoms. The number of β-amino-alcohol motifs (C(OH)–C–C–N with tert-alkyl or cyclic N) is 1. The molecular weight excluding hydrogens is 158 g/mol. The minimum atomic E-state index is -0.785. The molecule has 2 N–H and O–H groups in total. The number of hydrogen-bond donors (Lipinski definition) is 2. The van der Waals surface area contributed by atoms with Crippen LogP contribution in [0.5, 0.6) is 0 Å². The molecule has 70 valence electrons. The summed E-state index contributed by atoms with van der Waals surface area (Å²) in [7, 11) is 0. The number of nitrogens with zero attached hydrogens (tertiary/aromatic N) is 1. The second kappa shape index (κ2) is 4.42. The van der Waals surface area contributed by atoms with Crippen molar-refractivity contribution in [3.63, 3.8) is 0 Å². The van der Waals surface area contributed by atoms with Crippen molar-refractivity contribution >= 4 is 5.91 Å². The molecule has 0 spiro atoms. The third kappa shape index (κ3) is 2.46. The maximum Gasteiger partial charge on any atom is 0.222 e. The maximum absolute atomic E-state index is 11.2. The lowest BCUT2D eigenvalue weighted by atomic mass is 10.1. The lowest BCUT2D eigenvalue weighted by Crippen LogP contribution is -2.41. The molecule has 1 rings (SSSR count). The second-order valence-corrected chi connectivity index (χ2v) is 3.13. The van der Waals surface area contributed by atoms with E-state index in [2.05, 4.69) is 0 Å². The summed E-state index contributed by atoms with van der Waals surface area (Å²) in [6, 6.07) is 0. The van der Waals surface area contributed by atoms with Crippen LogP contribution in [0.1, 0.15) is 19.3 Å². The number of rotatable bonds is 3. The Bertz CT molecular complexity index is 160. The highest BCUT2D eigenvalue weighted by atomic mass is 16.3. The minimum absolute atomic E-state index is 0.0914. The van der Waals surface area contributed by atoms with Gasteiger partial charge >= 0.3 is 0 Å². The predicted molar refractivity (Wildman–Crippen MR) is 43.5 cm³/mol. The van der Waals surface area contributed by atoms with Crippen LogP contribution in [0.2, 0.25) is 0 Å². The van der Waals surface area contributed by atoms with E-state index in [0.717, 1.165) is 19.4 Å². The Balaban J connectivity index is 2.34. The smallest absolute Gasteiger partial charge is 0.222 e. The fraction of sp³-hybridized carbons (Fsp3) is 0.875. The lowest BCUT2D eigenvalue weighted by Gasteiger charge is -2.28. The molecule has 1 fully saturated rings. The summed E-state index contributed by atoms with van der Waals surface area (Å²) in [5.41, 5.74) is 0. The van der Waals surface area contributed by atoms with Crippen molar-refractivity contribution in [2.24, 2.45) is 0 Å². The molecule has 4 nitrogen and oxygen atoms in total. The van der Waals surface area contributed by atoms with Gasteiger partial charge in [0.1, 0.15) is 0 Å². The second-order valence-electron chi connectivity index (χ2n) is 3.13. The third-order valence-electron chi connectivity index (χ3n) is 2.06. The summed E-state index contributed by atoms with van der Waals surface area (Å²) in [4.78, 5) is 12.8. The Labute approximate surface area is 71.8 Å². The van der Waals surface area contributed by atoms with Crippen molar-refractivity contribution in [3.8, 4) is 0 Å². The van der Waals surface area contributed by atoms with Gasteiger partial charge in [0.05, 0.1) is 12.7 Å². The summed E-state index contributed by atoms with van der Waals surface area (Å²) in [6.45, 7) is 0.717. The first-order chi connectivity index (χ1) is 5.74. The molecule has 1 heterocycles. The number of piperidine rings is 1. The van der Waals surface area contributed by atoms with Gasteiger partial charge in [-0.3, -0.25) is 4.79 Å². The zero-order valence-corrected chi connectivity index (χ0v) is 7.07. The first-order valence-corrected chi connectivity index (χ1v) is 4.30. The van der Waals surface area contributed by atoms with Gasteiger partial charge in [-0.1, -0.05) is 0 Å². The normalized spacial score (nSPS) is 21.2. The van der Waals surface area contributed by atoms with Gasteiger partial charge in [0, 0.05) is 19.5 Å². The van der Waals surface area contributed by atoms with Crippen LogP contribution >= 0.6 is 0 Å². The van der Waals surface area contributed by atoms with Crippen LogP contribution in [-0.2, 0) is 4.79 Å². The molecule has 1 aliphatic rings. The Morgan fingerprint density at radius 3 is 2.83 bits per heavy atom. The van der Waals surface area contributed by atoms with Gasteiger partial charge in [-0.2, -0.15) is 0 Å². The molecule has 1 saturated heterocycles. The van der Waals surface area contributed by atoms with E-state index in [9.17, 15) is 4.79 Å². The van der Waals surface area contributed by atoms with Crippen molar-refractivity contribution in [1.82, 2.24) is 4.90 Å². The molecule has 1 aliphatic heterocycles. The monoisotopic (exact) mass is 173 g/mol. The highest BCUT2D eigenvalue weighted by molar-refractivity contribution is 5.76. The number of carbonyl (C=O) groups excluding carboxylic acids is 1. The summed E-state index contributed by atoms with van der Waals surface area (Å²) in [6.07, 6.45) is 1.75. The van der Waals surface area contributed by atoms with Gasteiger partial charge in [-0.15, -0.1) is 0 Å². The highest BCUT2D eigenvalue weighted by Gasteiger charge is 2.19. The van der Waals surface area contributed by atoms with Gasteiger partial charge in [-0.25, -0.2) is 0 Å². The van der Waals surface area contributed by atoms with Crippen LogP contribution in [0.4, 0.5) is 0 Å². The van der Waals surface area contributed by atoms with E-state index >= 15 is 0 Å². The quantitative estimate of drug-likeness (QED) is 0.596. The van der Waals surface area contributed by atoms with Crippen LogP contribution in [-0.4, -0.2) is 46.8 Å². The van der Waals surface area contributed by atoms with E-state index in [-0.39, 0.29) is 19.1 Å². The van der Waals surface area contributed by atoms with Crippen LogP contribution in [0.25, 0.3) is 0 Å². The number of aliphatic hydroxyl groups is 2. The summed E-state index contributed by atoms with van der Waals surface area (Å²) >= 11 is 0. The molecule has 0 aromatic carbocycles. The Kier molecular flexibility index (Phi) is 3.49. The van der Waals surface area contributed by atoms with Crippen LogP contribution < -0.4 is 0 Å². The summed E-state index contributed by atoms with van der Waals surface area (Å²) in [5.74, 6) is 0.0914. The van der Waals surface area contributed by atoms with Crippen molar-refractivity contribution in [2.75, 3.05) is 19.7 Å². The van der Waals surface area contributed by atoms with Crippen LogP contribution in [0.3, 0.4) is 0 Å². The fourth-order valence-corrected chi connectivity index (χ4v) is 1.37. The Hall–Kier alpha value is -0.610. The van der Waals surface area contributed by atoms with E-state index in [1.807, 2.05) is 0 Å². The average Bonchev–Trinajstić information content (AvgIpc) is 2.09. The van der Waals surface area contributed by atoms with Crippen molar-refractivity contribution in [2.45, 2.75) is 25.4 Å². The topological polar surface area (TPSA) is 60.8 Å². The first-order valence-electron chi connectivity index (χ1n) is 4.30. The Morgan fingerprint density at radius 1 is 1.50 bits per heavy atom. The van der Waals surface area contributed by atoms with E-state index in [0.29, 0.717) is 6.42 Å². The summed E-state index contributed by atoms with van der Waals surface area (Å²) < 4.78 is 0. The van der Waals surface area contributed by atoms with Crippen LogP contribution in [0, 0.1) is 0 Å². The molecule has 0 aliphatic carbocycles. The number of amides is 1. The zero-order chi connectivity index (χ0) is 8.97. The van der Waals surface area contributed by atoms with Crippen molar-refractivity contribution < 1.29 is 15.0 Å². The first kappa shape index (κ1) is 9.48. The molecule has 1 amide bonds. The van der Waals surface area contributed by atoms with Crippen molar-refractivity contribution in [3.05, 3.63) is 0 Å². The number of aliphatic hydroxyl groups excluding tert-OH is 2. The molecule has 1 unspecified atom stereocenters. The molecule has 0 aromatic heterocycles. The number of carbonyl (C=O) groups is 1. The number of hydrogen-bond acceptors (Lipinski definition) is 3. The molecule has 0 radical (unpaired) electrons. The molecule has 0 saturated carbocycles. The van der Waals surface area contributed by atoms with Gasteiger partial charge in [0.15, 0.2) is 0 Å². The molecular formula is C8H15NO3. The van der Waals surface area contributed by atoms with Crippen LogP contribution in [0.15, 0.2) is 0 Å². The van der Waals surface area contributed by atoms with Gasteiger partial charge in [0.25, 0.3) is 0 Å². The fourth-order valence-electron chi connectivity index (χ4n) is 1.37. The zero-order valence-electron chi connectivity index (χ0n) is 7.07. The van der Waals surface area contributed by atoms with Gasteiger partial charge < -0.3 is 15.1 Å². The molecule has 4 heteroatoms. The van der Waals surface area contributed by atoms with E-state index in [4.69, 9.17) is 10.2 Å². The summed E-state index contributed by atoms with van der Waals surface area (Å²) in [5, 5.41) is 17.6. The standard InChI is InChI=1S/C8H15NO3/c10-6-7(11)5-9-4-2-1-3-8(9)12/h7,10-11H,1-6H2. The van der Waals surface area contributed by atoms with E-state index in [1.54, 1.807) is 4.90 Å². The Morgan fingerprint density at radius 2 is 2.25 bits per heavy atom. The number of likely N-dealkylation sites (tertiary alicyclic amines) is 1. The van der Waals surface area contributed by atoms with E-state index in [1.165, 1.54) is 0 Å². The van der Waals surface area contributed by atoms with E-state index < -0.39 is 6.10 Å². The average molecular weight is 173 g/mol. The highest BCUT2D eigenvalue weighted by Crippen LogP contribution is 2.10. The maximum atomic E-state index is 11.2.